The summed E-state index contributed by atoms with van der Waals surface area (Å²) in [7, 11) is 0. The van der Waals surface area contributed by atoms with Gasteiger partial charge in [-0.15, -0.1) is 0 Å². The monoisotopic (exact) mass is 308 g/mol. The number of anilines is 1. The lowest BCUT2D eigenvalue weighted by molar-refractivity contribution is 0.340. The van der Waals surface area contributed by atoms with Gasteiger partial charge in [-0.3, -0.25) is 0 Å². The zero-order chi connectivity index (χ0) is 15.3. The Morgan fingerprint density at radius 1 is 1.00 bits per heavy atom. The third-order valence-electron chi connectivity index (χ3n) is 3.24. The van der Waals surface area contributed by atoms with Gasteiger partial charge in [0.1, 0.15) is 5.75 Å². The van der Waals surface area contributed by atoms with E-state index in [4.69, 9.17) is 17.0 Å². The molecule has 0 unspecified atom stereocenters. The molecule has 0 atom stereocenters. The van der Waals surface area contributed by atoms with Crippen molar-refractivity contribution in [3.8, 4) is 5.75 Å². The topological polar surface area (TPSA) is 33.3 Å². The van der Waals surface area contributed by atoms with Crippen molar-refractivity contribution in [2.24, 2.45) is 0 Å². The van der Waals surface area contributed by atoms with E-state index >= 15 is 0 Å². The normalized spacial score (nSPS) is 10.2. The molecule has 0 radical (unpaired) electrons. The summed E-state index contributed by atoms with van der Waals surface area (Å²) in [5.41, 5.74) is 0.985. The molecule has 1 aromatic carbocycles. The van der Waals surface area contributed by atoms with Crippen LogP contribution in [0.15, 0.2) is 24.3 Å². The molecule has 0 saturated carbocycles. The Hall–Kier alpha value is -1.29. The van der Waals surface area contributed by atoms with Crippen molar-refractivity contribution >= 4 is 23.0 Å². The minimum atomic E-state index is 0.686. The summed E-state index contributed by atoms with van der Waals surface area (Å²) in [4.78, 5) is 0. The summed E-state index contributed by atoms with van der Waals surface area (Å²) >= 11 is 5.29. The van der Waals surface area contributed by atoms with Crippen LogP contribution in [-0.4, -0.2) is 18.3 Å². The van der Waals surface area contributed by atoms with Crippen LogP contribution in [0.1, 0.15) is 52.4 Å². The molecule has 1 aromatic rings. The van der Waals surface area contributed by atoms with E-state index in [0.717, 1.165) is 18.0 Å². The minimum Gasteiger partial charge on any atom is -0.494 e. The van der Waals surface area contributed by atoms with E-state index in [9.17, 15) is 0 Å². The van der Waals surface area contributed by atoms with Crippen molar-refractivity contribution in [1.82, 2.24) is 5.32 Å². The van der Waals surface area contributed by atoms with Crippen LogP contribution in [0.25, 0.3) is 0 Å². The van der Waals surface area contributed by atoms with Gasteiger partial charge in [-0.05, 0) is 49.8 Å². The van der Waals surface area contributed by atoms with Gasteiger partial charge in [0.2, 0.25) is 0 Å². The van der Waals surface area contributed by atoms with Crippen molar-refractivity contribution in [1.29, 1.82) is 0 Å². The molecule has 3 nitrogen and oxygen atoms in total. The van der Waals surface area contributed by atoms with Crippen LogP contribution in [0.2, 0.25) is 0 Å². The largest absolute Gasteiger partial charge is 0.494 e. The second kappa shape index (κ2) is 11.4. The van der Waals surface area contributed by atoms with Crippen LogP contribution < -0.4 is 15.4 Å². The van der Waals surface area contributed by atoms with Crippen LogP contribution in [0.3, 0.4) is 0 Å². The molecule has 0 saturated heterocycles. The summed E-state index contributed by atoms with van der Waals surface area (Å²) < 4.78 is 5.41. The molecule has 0 bridgehead atoms. The Morgan fingerprint density at radius 3 is 2.33 bits per heavy atom. The van der Waals surface area contributed by atoms with Crippen molar-refractivity contribution in [2.45, 2.75) is 52.4 Å². The molecule has 0 heterocycles. The second-order valence-electron chi connectivity index (χ2n) is 5.11. The lowest BCUT2D eigenvalue weighted by Crippen LogP contribution is -2.29. The highest BCUT2D eigenvalue weighted by Gasteiger charge is 1.98. The van der Waals surface area contributed by atoms with Crippen LogP contribution in [-0.2, 0) is 0 Å². The number of hydrogen-bond acceptors (Lipinski definition) is 2. The lowest BCUT2D eigenvalue weighted by atomic mass is 10.1. The standard InChI is InChI=1S/C17H28N2OS/c1-3-5-6-7-8-9-14-18-17(21)19-15-10-12-16(13-11-15)20-4-2/h10-13H,3-9,14H2,1-2H3,(H2,18,19,21). The maximum Gasteiger partial charge on any atom is 0.170 e. The van der Waals surface area contributed by atoms with Crippen LogP contribution >= 0.6 is 12.2 Å². The zero-order valence-electron chi connectivity index (χ0n) is 13.3. The first-order valence-electron chi connectivity index (χ1n) is 8.04. The first kappa shape index (κ1) is 17.8. The summed E-state index contributed by atoms with van der Waals surface area (Å²) in [5, 5.41) is 7.13. The van der Waals surface area contributed by atoms with Gasteiger partial charge in [0.15, 0.2) is 5.11 Å². The van der Waals surface area contributed by atoms with Gasteiger partial charge in [-0.25, -0.2) is 0 Å². The average Bonchev–Trinajstić information content (AvgIpc) is 2.49. The first-order chi connectivity index (χ1) is 10.3. The van der Waals surface area contributed by atoms with Crippen molar-refractivity contribution in [2.75, 3.05) is 18.5 Å². The van der Waals surface area contributed by atoms with Crippen LogP contribution in [0.4, 0.5) is 5.69 Å². The van der Waals surface area contributed by atoms with E-state index in [1.807, 2.05) is 31.2 Å². The van der Waals surface area contributed by atoms with Crippen LogP contribution in [0.5, 0.6) is 5.75 Å². The molecule has 0 aliphatic heterocycles. The molecule has 0 aliphatic carbocycles. The third-order valence-corrected chi connectivity index (χ3v) is 3.49. The number of hydrogen-bond donors (Lipinski definition) is 2. The number of rotatable bonds is 10. The SMILES string of the molecule is CCCCCCCCNC(=S)Nc1ccc(OCC)cc1. The molecular formula is C17H28N2OS. The maximum atomic E-state index is 5.41. The minimum absolute atomic E-state index is 0.686. The highest BCUT2D eigenvalue weighted by Crippen LogP contribution is 2.15. The van der Waals surface area contributed by atoms with Gasteiger partial charge >= 0.3 is 0 Å². The Labute approximate surface area is 134 Å². The summed E-state index contributed by atoms with van der Waals surface area (Å²) in [6.07, 6.45) is 7.78. The van der Waals surface area contributed by atoms with E-state index in [1.54, 1.807) is 0 Å². The predicted octanol–water partition coefficient (Wildman–Crippen LogP) is 4.73. The number of nitrogens with one attached hydrogen (secondary N) is 2. The highest BCUT2D eigenvalue weighted by atomic mass is 32.1. The molecular weight excluding hydrogens is 280 g/mol. The number of thiocarbonyl (C=S) groups is 1. The number of benzene rings is 1. The maximum absolute atomic E-state index is 5.41. The van der Waals surface area contributed by atoms with Crippen molar-refractivity contribution in [3.63, 3.8) is 0 Å². The van der Waals surface area contributed by atoms with Gasteiger partial charge in [0, 0.05) is 12.2 Å². The summed E-state index contributed by atoms with van der Waals surface area (Å²) in [6.45, 7) is 5.85. The fourth-order valence-corrected chi connectivity index (χ4v) is 2.30. The molecule has 118 valence electrons. The molecule has 21 heavy (non-hydrogen) atoms. The Bertz CT molecular complexity index is 392. The molecule has 2 N–H and O–H groups in total. The predicted molar refractivity (Wildman–Crippen MR) is 95.2 cm³/mol. The van der Waals surface area contributed by atoms with Crippen molar-refractivity contribution in [3.05, 3.63) is 24.3 Å². The smallest absolute Gasteiger partial charge is 0.170 e. The zero-order valence-corrected chi connectivity index (χ0v) is 14.1. The van der Waals surface area contributed by atoms with Gasteiger partial charge in [-0.2, -0.15) is 0 Å². The Morgan fingerprint density at radius 2 is 1.67 bits per heavy atom. The first-order valence-corrected chi connectivity index (χ1v) is 8.44. The van der Waals surface area contributed by atoms with E-state index in [0.29, 0.717) is 11.7 Å². The van der Waals surface area contributed by atoms with E-state index in [2.05, 4.69) is 17.6 Å². The summed E-state index contributed by atoms with van der Waals surface area (Å²) in [5.74, 6) is 0.883. The third kappa shape index (κ3) is 8.56. The van der Waals surface area contributed by atoms with Gasteiger partial charge < -0.3 is 15.4 Å². The van der Waals surface area contributed by atoms with Gasteiger partial charge in [-0.1, -0.05) is 39.0 Å². The molecule has 0 fully saturated rings. The lowest BCUT2D eigenvalue weighted by Gasteiger charge is -2.11. The molecule has 0 aromatic heterocycles. The van der Waals surface area contributed by atoms with E-state index in [-0.39, 0.29) is 0 Å². The summed E-state index contributed by atoms with van der Waals surface area (Å²) in [6, 6.07) is 7.85. The van der Waals surface area contributed by atoms with Gasteiger partial charge in [0.25, 0.3) is 0 Å². The quantitative estimate of drug-likeness (QED) is 0.483. The Balaban J connectivity index is 2.12. The fourth-order valence-electron chi connectivity index (χ4n) is 2.08. The molecule has 4 heteroatoms. The van der Waals surface area contributed by atoms with E-state index < -0.39 is 0 Å². The average molecular weight is 308 g/mol. The van der Waals surface area contributed by atoms with Gasteiger partial charge in [0.05, 0.1) is 6.61 Å². The highest BCUT2D eigenvalue weighted by molar-refractivity contribution is 7.80. The fraction of sp³-hybridized carbons (Fsp3) is 0.588. The molecule has 1 rings (SSSR count). The molecule has 0 spiro atoms. The van der Waals surface area contributed by atoms with E-state index in [1.165, 1.54) is 38.5 Å². The van der Waals surface area contributed by atoms with Crippen LogP contribution in [0, 0.1) is 0 Å². The Kier molecular flexibility index (Phi) is 9.62. The number of unbranched alkanes of at least 4 members (excludes halogenated alkanes) is 5. The number of ether oxygens (including phenoxy) is 1. The molecule has 0 amide bonds. The second-order valence-corrected chi connectivity index (χ2v) is 5.51. The van der Waals surface area contributed by atoms with Crippen molar-refractivity contribution < 1.29 is 4.74 Å². The molecule has 0 aliphatic rings.